The van der Waals surface area contributed by atoms with Crippen LogP contribution in [0.4, 0.5) is 0 Å². The van der Waals surface area contributed by atoms with Gasteiger partial charge >= 0.3 is 0 Å². The van der Waals surface area contributed by atoms with Gasteiger partial charge in [0.25, 0.3) is 0 Å². The second-order valence-electron chi connectivity index (χ2n) is 7.51. The largest absolute Gasteiger partial charge is 0.300 e. The lowest BCUT2D eigenvalue weighted by Gasteiger charge is -2.35. The van der Waals surface area contributed by atoms with E-state index in [1.807, 2.05) is 0 Å². The first-order valence-corrected chi connectivity index (χ1v) is 10.6. The van der Waals surface area contributed by atoms with E-state index in [1.165, 1.54) is 116 Å². The molecule has 0 N–H and O–H groups in total. The van der Waals surface area contributed by atoms with Crippen LogP contribution in [0, 0.1) is 0 Å². The predicted molar refractivity (Wildman–Crippen MR) is 101 cm³/mol. The van der Waals surface area contributed by atoms with Gasteiger partial charge in [-0.3, -0.25) is 0 Å². The number of rotatable bonds is 14. The van der Waals surface area contributed by atoms with Gasteiger partial charge in [0, 0.05) is 6.04 Å². The molecule has 0 spiro atoms. The first-order chi connectivity index (χ1) is 10.9. The lowest BCUT2D eigenvalue weighted by atomic mass is 9.97. The quantitative estimate of drug-likeness (QED) is 0.314. The number of unbranched alkanes of at least 4 members (excludes halogenated alkanes) is 9. The van der Waals surface area contributed by atoms with E-state index in [1.54, 1.807) is 0 Å². The zero-order valence-corrected chi connectivity index (χ0v) is 15.8. The first-order valence-electron chi connectivity index (χ1n) is 10.6. The highest BCUT2D eigenvalue weighted by atomic mass is 15.2. The normalized spacial score (nSPS) is 17.7. The van der Waals surface area contributed by atoms with Crippen molar-refractivity contribution in [2.75, 3.05) is 13.1 Å². The highest BCUT2D eigenvalue weighted by Crippen LogP contribution is 2.22. The summed E-state index contributed by atoms with van der Waals surface area (Å²) in [6, 6.07) is 0.910. The highest BCUT2D eigenvalue weighted by Gasteiger charge is 2.19. The minimum atomic E-state index is 0.910. The first kappa shape index (κ1) is 20.0. The molecule has 1 heteroatoms. The van der Waals surface area contributed by atoms with Crippen molar-refractivity contribution in [1.29, 1.82) is 0 Å². The third kappa shape index (κ3) is 9.87. The van der Waals surface area contributed by atoms with E-state index in [2.05, 4.69) is 18.7 Å². The van der Waals surface area contributed by atoms with Crippen LogP contribution in [0.25, 0.3) is 0 Å². The van der Waals surface area contributed by atoms with E-state index in [0.29, 0.717) is 0 Å². The van der Waals surface area contributed by atoms with Gasteiger partial charge in [-0.1, -0.05) is 90.9 Å². The summed E-state index contributed by atoms with van der Waals surface area (Å²) in [4.78, 5) is 2.84. The van der Waals surface area contributed by atoms with Crippen LogP contribution in [0.2, 0.25) is 0 Å². The molecule has 1 aliphatic heterocycles. The van der Waals surface area contributed by atoms with Gasteiger partial charge in [-0.25, -0.2) is 0 Å². The monoisotopic (exact) mass is 309 g/mol. The lowest BCUT2D eigenvalue weighted by Crippen LogP contribution is -2.39. The Morgan fingerprint density at radius 2 is 1.05 bits per heavy atom. The Bertz CT molecular complexity index is 220. The molecule has 22 heavy (non-hydrogen) atoms. The summed E-state index contributed by atoms with van der Waals surface area (Å²) >= 11 is 0. The van der Waals surface area contributed by atoms with Crippen LogP contribution in [0.3, 0.4) is 0 Å². The third-order valence-corrected chi connectivity index (χ3v) is 5.44. The van der Waals surface area contributed by atoms with Crippen molar-refractivity contribution in [1.82, 2.24) is 4.90 Å². The van der Waals surface area contributed by atoms with Gasteiger partial charge in [-0.05, 0) is 38.8 Å². The maximum absolute atomic E-state index is 2.84. The van der Waals surface area contributed by atoms with Crippen LogP contribution in [0.1, 0.15) is 117 Å². The van der Waals surface area contributed by atoms with Crippen LogP contribution in [-0.2, 0) is 0 Å². The average molecular weight is 310 g/mol. The summed E-state index contributed by atoms with van der Waals surface area (Å²) in [5.41, 5.74) is 0. The second-order valence-corrected chi connectivity index (χ2v) is 7.51. The fourth-order valence-corrected chi connectivity index (χ4v) is 3.94. The van der Waals surface area contributed by atoms with Gasteiger partial charge in [0.2, 0.25) is 0 Å². The Hall–Kier alpha value is -0.0400. The smallest absolute Gasteiger partial charge is 0.00952 e. The maximum Gasteiger partial charge on any atom is 0.00952 e. The summed E-state index contributed by atoms with van der Waals surface area (Å²) in [6.07, 6.45) is 23.2. The molecule has 0 aliphatic carbocycles. The van der Waals surface area contributed by atoms with Crippen molar-refractivity contribution in [2.45, 2.75) is 123 Å². The molecule has 1 heterocycles. The Kier molecular flexibility index (Phi) is 13.2. The Labute approximate surface area is 141 Å². The SMILES string of the molecule is CCCCCCCCC(CCCCCCC)N1CCCCC1. The van der Waals surface area contributed by atoms with Crippen LogP contribution in [-0.4, -0.2) is 24.0 Å². The molecular formula is C21H43N. The molecule has 0 aromatic rings. The summed E-state index contributed by atoms with van der Waals surface area (Å²) in [6.45, 7) is 7.39. The van der Waals surface area contributed by atoms with Crippen molar-refractivity contribution < 1.29 is 0 Å². The zero-order valence-electron chi connectivity index (χ0n) is 15.8. The summed E-state index contributed by atoms with van der Waals surface area (Å²) < 4.78 is 0. The van der Waals surface area contributed by atoms with Crippen LogP contribution >= 0.6 is 0 Å². The van der Waals surface area contributed by atoms with E-state index in [0.717, 1.165) is 6.04 Å². The molecular weight excluding hydrogens is 266 g/mol. The standard InChI is InChI=1S/C21H43N/c1-3-5-7-9-11-14-18-21(17-13-10-8-6-4-2)22-19-15-12-16-20-22/h21H,3-20H2,1-2H3. The molecule has 0 saturated carbocycles. The van der Waals surface area contributed by atoms with Crippen LogP contribution < -0.4 is 0 Å². The second kappa shape index (κ2) is 14.5. The topological polar surface area (TPSA) is 3.24 Å². The average Bonchev–Trinajstić information content (AvgIpc) is 2.56. The van der Waals surface area contributed by atoms with Gasteiger partial charge in [0.05, 0.1) is 0 Å². The van der Waals surface area contributed by atoms with Crippen LogP contribution in [0.5, 0.6) is 0 Å². The van der Waals surface area contributed by atoms with E-state index in [-0.39, 0.29) is 0 Å². The predicted octanol–water partition coefficient (Wildman–Crippen LogP) is 6.95. The molecule has 0 aromatic heterocycles. The van der Waals surface area contributed by atoms with E-state index < -0.39 is 0 Å². The number of hydrogen-bond acceptors (Lipinski definition) is 1. The number of nitrogens with zero attached hydrogens (tertiary/aromatic N) is 1. The zero-order chi connectivity index (χ0) is 15.9. The van der Waals surface area contributed by atoms with Crippen LogP contribution in [0.15, 0.2) is 0 Å². The molecule has 1 rings (SSSR count). The molecule has 1 saturated heterocycles. The van der Waals surface area contributed by atoms with Crippen molar-refractivity contribution in [3.05, 3.63) is 0 Å². The van der Waals surface area contributed by atoms with E-state index in [4.69, 9.17) is 0 Å². The molecule has 1 nitrogen and oxygen atoms in total. The molecule has 1 atom stereocenters. The Balaban J connectivity index is 2.18. The lowest BCUT2D eigenvalue weighted by molar-refractivity contribution is 0.142. The molecule has 0 bridgehead atoms. The molecule has 1 unspecified atom stereocenters. The maximum atomic E-state index is 2.84. The van der Waals surface area contributed by atoms with Crippen molar-refractivity contribution in [3.63, 3.8) is 0 Å². The summed E-state index contributed by atoms with van der Waals surface area (Å²) in [7, 11) is 0. The molecule has 1 aliphatic rings. The molecule has 132 valence electrons. The molecule has 0 aromatic carbocycles. The minimum Gasteiger partial charge on any atom is -0.300 e. The fraction of sp³-hybridized carbons (Fsp3) is 1.00. The van der Waals surface area contributed by atoms with Gasteiger partial charge in [0.15, 0.2) is 0 Å². The van der Waals surface area contributed by atoms with Crippen molar-refractivity contribution >= 4 is 0 Å². The van der Waals surface area contributed by atoms with E-state index >= 15 is 0 Å². The van der Waals surface area contributed by atoms with Gasteiger partial charge in [-0.15, -0.1) is 0 Å². The number of piperidine rings is 1. The fourth-order valence-electron chi connectivity index (χ4n) is 3.94. The summed E-state index contributed by atoms with van der Waals surface area (Å²) in [5, 5.41) is 0. The van der Waals surface area contributed by atoms with Gasteiger partial charge in [0.1, 0.15) is 0 Å². The Morgan fingerprint density at radius 1 is 0.591 bits per heavy atom. The van der Waals surface area contributed by atoms with Crippen molar-refractivity contribution in [3.8, 4) is 0 Å². The number of likely N-dealkylation sites (tertiary alicyclic amines) is 1. The van der Waals surface area contributed by atoms with Crippen molar-refractivity contribution in [2.24, 2.45) is 0 Å². The third-order valence-electron chi connectivity index (χ3n) is 5.44. The highest BCUT2D eigenvalue weighted by molar-refractivity contribution is 4.75. The molecule has 1 fully saturated rings. The molecule has 0 radical (unpaired) electrons. The molecule has 0 amide bonds. The number of hydrogen-bond donors (Lipinski definition) is 0. The Morgan fingerprint density at radius 3 is 1.55 bits per heavy atom. The van der Waals surface area contributed by atoms with Gasteiger partial charge in [-0.2, -0.15) is 0 Å². The van der Waals surface area contributed by atoms with E-state index in [9.17, 15) is 0 Å². The van der Waals surface area contributed by atoms with Gasteiger partial charge < -0.3 is 4.90 Å². The summed E-state index contributed by atoms with van der Waals surface area (Å²) in [5.74, 6) is 0. The minimum absolute atomic E-state index is 0.910.